The van der Waals surface area contributed by atoms with Crippen molar-refractivity contribution in [2.24, 2.45) is 5.92 Å². The highest BCUT2D eigenvalue weighted by molar-refractivity contribution is 6.26. The number of likely N-dealkylation sites (tertiary alicyclic amines) is 1. The van der Waals surface area contributed by atoms with E-state index in [2.05, 4.69) is 60.4 Å². The third kappa shape index (κ3) is 6.40. The predicted octanol–water partition coefficient (Wildman–Crippen LogP) is 0.196. The Labute approximate surface area is 188 Å². The molecule has 170 valence electrons. The van der Waals surface area contributed by atoms with Crippen molar-refractivity contribution in [1.82, 2.24) is 4.90 Å². The summed E-state index contributed by atoms with van der Waals surface area (Å²) in [5.74, 6) is -3.44. The first-order valence-electron chi connectivity index (χ1n) is 11.0. The van der Waals surface area contributed by atoms with Crippen LogP contribution in [0.2, 0.25) is 0 Å². The van der Waals surface area contributed by atoms with Gasteiger partial charge in [-0.3, -0.25) is 4.79 Å². The lowest BCUT2D eigenvalue weighted by atomic mass is 9.93. The second kappa shape index (κ2) is 10.9. The summed E-state index contributed by atoms with van der Waals surface area (Å²) in [6.45, 7) is 7.01. The molecule has 0 spiro atoms. The zero-order chi connectivity index (χ0) is 23.1. The molecule has 2 heterocycles. The molecule has 0 aliphatic carbocycles. The molecule has 0 aromatic heterocycles. The number of nitrogens with zero attached hydrogens (tertiary/aromatic N) is 1. The SMILES string of the molecule is Cc1cccc(C[NH+]2CCCC(C(=O)N3CCc4ccccc4C3)C2)c1.O=C([O-])C(=O)O. The molecule has 7 heteroatoms. The van der Waals surface area contributed by atoms with Gasteiger partial charge < -0.3 is 24.8 Å². The first kappa shape index (κ1) is 23.5. The van der Waals surface area contributed by atoms with Gasteiger partial charge in [-0.1, -0.05) is 54.1 Å². The van der Waals surface area contributed by atoms with Gasteiger partial charge in [0.25, 0.3) is 0 Å². The van der Waals surface area contributed by atoms with Gasteiger partial charge in [-0.2, -0.15) is 0 Å². The van der Waals surface area contributed by atoms with E-state index in [-0.39, 0.29) is 5.92 Å². The van der Waals surface area contributed by atoms with E-state index >= 15 is 0 Å². The lowest BCUT2D eigenvalue weighted by Crippen LogP contribution is -3.12. The molecule has 0 saturated carbocycles. The maximum Gasteiger partial charge on any atom is 0.351 e. The molecule has 1 fully saturated rings. The largest absolute Gasteiger partial charge is 0.539 e. The number of aliphatic carboxylic acids is 2. The number of benzene rings is 2. The maximum absolute atomic E-state index is 13.1. The third-order valence-electron chi connectivity index (χ3n) is 6.12. The molecular formula is C25H30N2O5. The van der Waals surface area contributed by atoms with Crippen molar-refractivity contribution in [2.45, 2.75) is 39.3 Å². The lowest BCUT2D eigenvalue weighted by molar-refractivity contribution is -0.921. The molecule has 2 aliphatic heterocycles. The average Bonchev–Trinajstić information content (AvgIpc) is 2.79. The van der Waals surface area contributed by atoms with Crippen LogP contribution in [0, 0.1) is 12.8 Å². The fraction of sp³-hybridized carbons (Fsp3) is 0.400. The number of amides is 1. The Bertz CT molecular complexity index is 962. The second-order valence-corrected chi connectivity index (χ2v) is 8.58. The zero-order valence-electron chi connectivity index (χ0n) is 18.4. The van der Waals surface area contributed by atoms with Crippen LogP contribution in [0.3, 0.4) is 0 Å². The maximum atomic E-state index is 13.1. The number of aryl methyl sites for hydroxylation is 1. The molecule has 2 aliphatic rings. The molecule has 0 bridgehead atoms. The van der Waals surface area contributed by atoms with E-state index in [1.165, 1.54) is 28.8 Å². The van der Waals surface area contributed by atoms with Crippen LogP contribution in [0.4, 0.5) is 0 Å². The van der Waals surface area contributed by atoms with E-state index in [1.807, 2.05) is 0 Å². The van der Waals surface area contributed by atoms with Crippen LogP contribution in [-0.2, 0) is 33.9 Å². The van der Waals surface area contributed by atoms with Gasteiger partial charge in [-0.05, 0) is 37.3 Å². The molecule has 2 aromatic rings. The summed E-state index contributed by atoms with van der Waals surface area (Å²) in [5.41, 5.74) is 5.44. The highest BCUT2D eigenvalue weighted by Crippen LogP contribution is 2.21. The second-order valence-electron chi connectivity index (χ2n) is 8.58. The molecule has 1 amide bonds. The quantitative estimate of drug-likeness (QED) is 0.667. The van der Waals surface area contributed by atoms with Crippen LogP contribution in [0.25, 0.3) is 0 Å². The van der Waals surface area contributed by atoms with E-state index in [1.54, 1.807) is 4.90 Å². The monoisotopic (exact) mass is 438 g/mol. The van der Waals surface area contributed by atoms with Gasteiger partial charge in [-0.15, -0.1) is 0 Å². The Kier molecular flexibility index (Phi) is 8.00. The number of fused-ring (bicyclic) bond motifs is 1. The molecule has 2 unspecified atom stereocenters. The smallest absolute Gasteiger partial charge is 0.351 e. The Morgan fingerprint density at radius 2 is 1.84 bits per heavy atom. The first-order chi connectivity index (χ1) is 15.3. The molecule has 1 saturated heterocycles. The van der Waals surface area contributed by atoms with Crippen LogP contribution < -0.4 is 10.0 Å². The third-order valence-corrected chi connectivity index (χ3v) is 6.12. The molecule has 7 nitrogen and oxygen atoms in total. The van der Waals surface area contributed by atoms with Crippen LogP contribution in [0.15, 0.2) is 48.5 Å². The van der Waals surface area contributed by atoms with Crippen LogP contribution in [0.1, 0.15) is 35.1 Å². The lowest BCUT2D eigenvalue weighted by Gasteiger charge is -2.35. The van der Waals surface area contributed by atoms with Crippen molar-refractivity contribution in [3.05, 3.63) is 70.8 Å². The number of nitrogens with one attached hydrogen (secondary N) is 1. The van der Waals surface area contributed by atoms with E-state index in [0.717, 1.165) is 45.4 Å². The van der Waals surface area contributed by atoms with Gasteiger partial charge in [-0.25, -0.2) is 4.79 Å². The van der Waals surface area contributed by atoms with Crippen molar-refractivity contribution in [1.29, 1.82) is 0 Å². The van der Waals surface area contributed by atoms with E-state index < -0.39 is 11.9 Å². The van der Waals surface area contributed by atoms with E-state index in [4.69, 9.17) is 19.8 Å². The summed E-state index contributed by atoms with van der Waals surface area (Å²) in [6.07, 6.45) is 3.20. The number of carboxylic acids is 2. The fourth-order valence-corrected chi connectivity index (χ4v) is 4.58. The van der Waals surface area contributed by atoms with Gasteiger partial charge in [0.15, 0.2) is 5.97 Å². The molecular weight excluding hydrogens is 408 g/mol. The van der Waals surface area contributed by atoms with Crippen molar-refractivity contribution in [3.8, 4) is 0 Å². The Morgan fingerprint density at radius 1 is 1.12 bits per heavy atom. The highest BCUT2D eigenvalue weighted by Gasteiger charge is 2.33. The van der Waals surface area contributed by atoms with Crippen LogP contribution in [0.5, 0.6) is 0 Å². The first-order valence-corrected chi connectivity index (χ1v) is 11.0. The number of carbonyl (C=O) groups is 3. The molecule has 2 N–H and O–H groups in total. The minimum atomic E-state index is -2.07. The van der Waals surface area contributed by atoms with Crippen molar-refractivity contribution < 1.29 is 29.5 Å². The van der Waals surface area contributed by atoms with Gasteiger partial charge >= 0.3 is 5.97 Å². The number of carboxylic acid groups (broad SMARTS) is 2. The Balaban J connectivity index is 0.000000427. The van der Waals surface area contributed by atoms with Gasteiger partial charge in [0.2, 0.25) is 5.91 Å². The summed E-state index contributed by atoms with van der Waals surface area (Å²) in [5, 5.41) is 16.3. The molecule has 4 rings (SSSR count). The molecule has 2 aromatic carbocycles. The van der Waals surface area contributed by atoms with Gasteiger partial charge in [0.05, 0.1) is 19.0 Å². The standard InChI is InChI=1S/C23H28N2O.C2H2O4/c1-18-6-4-7-19(14-18)15-24-12-5-10-22(16-24)23(26)25-13-11-20-8-2-3-9-21(20)17-25;3-1(4)2(5)6/h2-4,6-9,14,22H,5,10-13,15-17H2,1H3;(H,3,4)(H,5,6). The average molecular weight is 439 g/mol. The molecule has 0 radical (unpaired) electrons. The Hall–Kier alpha value is -3.19. The number of hydrogen-bond acceptors (Lipinski definition) is 4. The Morgan fingerprint density at radius 3 is 2.53 bits per heavy atom. The summed E-state index contributed by atoms with van der Waals surface area (Å²) in [6, 6.07) is 17.3. The van der Waals surface area contributed by atoms with E-state index in [0.29, 0.717) is 5.91 Å². The summed E-state index contributed by atoms with van der Waals surface area (Å²) in [7, 11) is 0. The van der Waals surface area contributed by atoms with Crippen molar-refractivity contribution in [3.63, 3.8) is 0 Å². The highest BCUT2D eigenvalue weighted by atomic mass is 16.4. The van der Waals surface area contributed by atoms with Gasteiger partial charge in [0, 0.05) is 18.7 Å². The van der Waals surface area contributed by atoms with Gasteiger partial charge in [0.1, 0.15) is 6.54 Å². The van der Waals surface area contributed by atoms with Crippen molar-refractivity contribution in [2.75, 3.05) is 19.6 Å². The summed E-state index contributed by atoms with van der Waals surface area (Å²) in [4.78, 5) is 34.8. The normalized spacial score (nSPS) is 19.8. The number of piperidine rings is 1. The minimum Gasteiger partial charge on any atom is -0.539 e. The number of carbonyl (C=O) groups excluding carboxylic acids is 2. The summed E-state index contributed by atoms with van der Waals surface area (Å²) < 4.78 is 0. The number of hydrogen-bond donors (Lipinski definition) is 2. The fourth-order valence-electron chi connectivity index (χ4n) is 4.58. The zero-order valence-corrected chi connectivity index (χ0v) is 18.4. The predicted molar refractivity (Wildman–Crippen MR) is 117 cm³/mol. The number of rotatable bonds is 3. The summed E-state index contributed by atoms with van der Waals surface area (Å²) >= 11 is 0. The number of quaternary nitrogens is 1. The topological polar surface area (TPSA) is 102 Å². The minimum absolute atomic E-state index is 0.189. The van der Waals surface area contributed by atoms with Crippen molar-refractivity contribution >= 4 is 17.8 Å². The molecule has 32 heavy (non-hydrogen) atoms. The van der Waals surface area contributed by atoms with Crippen LogP contribution in [-0.4, -0.2) is 47.5 Å². The molecule has 2 atom stereocenters. The van der Waals surface area contributed by atoms with Crippen LogP contribution >= 0.6 is 0 Å². The van der Waals surface area contributed by atoms with E-state index in [9.17, 15) is 4.79 Å².